The van der Waals surface area contributed by atoms with Crippen LogP contribution < -0.4 is 9.62 Å². The lowest BCUT2D eigenvalue weighted by Gasteiger charge is -2.41. The van der Waals surface area contributed by atoms with Crippen LogP contribution in [0.25, 0.3) is 0 Å². The maximum Gasteiger partial charge on any atom is 0.240 e. The maximum atomic E-state index is 12.6. The highest BCUT2D eigenvalue weighted by Gasteiger charge is 2.47. The molecule has 0 spiro atoms. The van der Waals surface area contributed by atoms with Crippen LogP contribution in [0.4, 0.5) is 5.69 Å². The van der Waals surface area contributed by atoms with Gasteiger partial charge in [-0.2, -0.15) is 0 Å². The van der Waals surface area contributed by atoms with Crippen molar-refractivity contribution in [2.45, 2.75) is 29.2 Å². The molecule has 2 aliphatic heterocycles. The number of aliphatic hydroxyl groups excluding tert-OH is 2. The fourth-order valence-corrected chi connectivity index (χ4v) is 5.45. The van der Waals surface area contributed by atoms with Crippen molar-refractivity contribution in [3.8, 4) is 0 Å². The number of nitrogens with one attached hydrogen (secondary N) is 1. The van der Waals surface area contributed by atoms with Crippen molar-refractivity contribution >= 4 is 15.7 Å². The van der Waals surface area contributed by atoms with E-state index in [1.807, 2.05) is 18.2 Å². The first-order chi connectivity index (χ1) is 15.0. The molecule has 2 heterocycles. The molecule has 31 heavy (non-hydrogen) atoms. The zero-order chi connectivity index (χ0) is 21.8. The van der Waals surface area contributed by atoms with Gasteiger partial charge in [-0.05, 0) is 24.3 Å². The summed E-state index contributed by atoms with van der Waals surface area (Å²) in [5, 5.41) is 20.4. The highest BCUT2D eigenvalue weighted by Crippen LogP contribution is 2.28. The molecule has 3 N–H and O–H groups in total. The highest BCUT2D eigenvalue weighted by atomic mass is 32.2. The van der Waals surface area contributed by atoms with Gasteiger partial charge < -0.3 is 19.8 Å². The Bertz CT molecular complexity index is 936. The molecule has 2 aromatic carbocycles. The lowest BCUT2D eigenvalue weighted by Crippen LogP contribution is -2.57. The van der Waals surface area contributed by atoms with Gasteiger partial charge in [0.1, 0.15) is 12.2 Å². The molecular formula is C22H29N3O5S. The number of nitrogens with zero attached hydrogens (tertiary/aromatic N) is 2. The van der Waals surface area contributed by atoms with E-state index in [9.17, 15) is 18.6 Å². The van der Waals surface area contributed by atoms with Gasteiger partial charge in [0.05, 0.1) is 23.6 Å². The molecule has 0 unspecified atom stereocenters. The molecule has 0 radical (unpaired) electrons. The van der Waals surface area contributed by atoms with Gasteiger partial charge >= 0.3 is 0 Å². The molecular weight excluding hydrogens is 418 g/mol. The Morgan fingerprint density at radius 2 is 1.55 bits per heavy atom. The summed E-state index contributed by atoms with van der Waals surface area (Å²) in [6, 6.07) is 17.9. The molecule has 2 fully saturated rings. The highest BCUT2D eigenvalue weighted by molar-refractivity contribution is 7.89. The number of piperazine rings is 1. The van der Waals surface area contributed by atoms with E-state index in [1.54, 1.807) is 18.2 Å². The van der Waals surface area contributed by atoms with Gasteiger partial charge in [0.15, 0.2) is 0 Å². The van der Waals surface area contributed by atoms with E-state index in [0.717, 1.165) is 18.8 Å². The zero-order valence-corrected chi connectivity index (χ0v) is 18.1. The van der Waals surface area contributed by atoms with Crippen LogP contribution in [0.1, 0.15) is 0 Å². The average Bonchev–Trinajstić information content (AvgIpc) is 3.14. The van der Waals surface area contributed by atoms with Crippen LogP contribution in [0.2, 0.25) is 0 Å². The lowest BCUT2D eigenvalue weighted by molar-refractivity contribution is -0.0201. The molecule has 168 valence electrons. The second-order valence-corrected chi connectivity index (χ2v) is 9.67. The number of hydrogen-bond donors (Lipinski definition) is 3. The molecule has 8 nitrogen and oxygen atoms in total. The van der Waals surface area contributed by atoms with Crippen LogP contribution in [0, 0.1) is 0 Å². The summed E-state index contributed by atoms with van der Waals surface area (Å²) in [7, 11) is -3.69. The van der Waals surface area contributed by atoms with E-state index in [2.05, 4.69) is 26.7 Å². The number of para-hydroxylation sites is 1. The smallest absolute Gasteiger partial charge is 0.240 e. The predicted octanol–water partition coefficient (Wildman–Crippen LogP) is 0.276. The normalized spacial score (nSPS) is 27.5. The van der Waals surface area contributed by atoms with Gasteiger partial charge in [-0.1, -0.05) is 36.4 Å². The number of ether oxygens (including phenoxy) is 1. The van der Waals surface area contributed by atoms with E-state index in [4.69, 9.17) is 4.74 Å². The largest absolute Gasteiger partial charge is 0.394 e. The molecule has 4 rings (SSSR count). The third-order valence-corrected chi connectivity index (χ3v) is 7.47. The van der Waals surface area contributed by atoms with Gasteiger partial charge in [-0.3, -0.25) is 4.90 Å². The Balaban J connectivity index is 1.42. The molecule has 0 bridgehead atoms. The van der Waals surface area contributed by atoms with E-state index in [1.165, 1.54) is 12.1 Å². The van der Waals surface area contributed by atoms with Crippen LogP contribution in [0.5, 0.6) is 0 Å². The lowest BCUT2D eigenvalue weighted by atomic mass is 10.0. The Labute approximate surface area is 183 Å². The van der Waals surface area contributed by atoms with Gasteiger partial charge in [0.2, 0.25) is 10.0 Å². The molecule has 2 aromatic rings. The summed E-state index contributed by atoms with van der Waals surface area (Å²) in [6.07, 6.45) is -2.18. The van der Waals surface area contributed by atoms with Crippen molar-refractivity contribution in [1.29, 1.82) is 0 Å². The van der Waals surface area contributed by atoms with Crippen molar-refractivity contribution in [2.24, 2.45) is 0 Å². The SMILES string of the molecule is O=S(=O)(NC[C@H]1O[C@@H](CO)[C@@H](O)[C@@H]1N1CCN(c2ccccc2)CC1)c1ccccc1. The fourth-order valence-electron chi connectivity index (χ4n) is 4.39. The van der Waals surface area contributed by atoms with Crippen LogP contribution in [0.15, 0.2) is 65.6 Å². The Hall–Kier alpha value is -2.01. The van der Waals surface area contributed by atoms with Gasteiger partial charge in [0, 0.05) is 38.4 Å². The van der Waals surface area contributed by atoms with E-state index in [-0.39, 0.29) is 18.0 Å². The van der Waals surface area contributed by atoms with E-state index >= 15 is 0 Å². The summed E-state index contributed by atoms with van der Waals surface area (Å²) < 4.78 is 33.7. The third kappa shape index (κ3) is 4.92. The molecule has 2 saturated heterocycles. The summed E-state index contributed by atoms with van der Waals surface area (Å²) >= 11 is 0. The molecule has 0 aliphatic carbocycles. The minimum Gasteiger partial charge on any atom is -0.394 e. The van der Waals surface area contributed by atoms with Gasteiger partial charge in [-0.25, -0.2) is 13.1 Å². The summed E-state index contributed by atoms with van der Waals surface area (Å²) in [5.74, 6) is 0. The molecule has 4 atom stereocenters. The van der Waals surface area contributed by atoms with Crippen LogP contribution >= 0.6 is 0 Å². The molecule has 9 heteroatoms. The number of hydrogen-bond acceptors (Lipinski definition) is 7. The van der Waals surface area contributed by atoms with Crippen LogP contribution in [0.3, 0.4) is 0 Å². The Morgan fingerprint density at radius 1 is 0.935 bits per heavy atom. The average molecular weight is 448 g/mol. The van der Waals surface area contributed by atoms with Crippen molar-refractivity contribution in [1.82, 2.24) is 9.62 Å². The predicted molar refractivity (Wildman–Crippen MR) is 117 cm³/mol. The van der Waals surface area contributed by atoms with E-state index in [0.29, 0.717) is 13.1 Å². The molecule has 2 aliphatic rings. The van der Waals surface area contributed by atoms with Crippen LogP contribution in [-0.4, -0.2) is 87.2 Å². The Kier molecular flexibility index (Phi) is 6.90. The number of benzene rings is 2. The fraction of sp³-hybridized carbons (Fsp3) is 0.455. The topological polar surface area (TPSA) is 102 Å². The zero-order valence-electron chi connectivity index (χ0n) is 17.2. The summed E-state index contributed by atoms with van der Waals surface area (Å²) in [4.78, 5) is 4.61. The van der Waals surface area contributed by atoms with Crippen molar-refractivity contribution < 1.29 is 23.4 Å². The second-order valence-electron chi connectivity index (χ2n) is 7.90. The van der Waals surface area contributed by atoms with Crippen molar-refractivity contribution in [3.63, 3.8) is 0 Å². The van der Waals surface area contributed by atoms with Crippen molar-refractivity contribution in [2.75, 3.05) is 44.2 Å². The van der Waals surface area contributed by atoms with Crippen molar-refractivity contribution in [3.05, 3.63) is 60.7 Å². The quantitative estimate of drug-likeness (QED) is 0.560. The van der Waals surface area contributed by atoms with Gasteiger partial charge in [-0.15, -0.1) is 0 Å². The number of anilines is 1. The monoisotopic (exact) mass is 447 g/mol. The third-order valence-electron chi connectivity index (χ3n) is 6.03. The second kappa shape index (κ2) is 9.64. The number of rotatable bonds is 7. The summed E-state index contributed by atoms with van der Waals surface area (Å²) in [6.45, 7) is 2.71. The number of aliphatic hydroxyl groups is 2. The first-order valence-corrected chi connectivity index (χ1v) is 12.0. The van der Waals surface area contributed by atoms with Crippen LogP contribution in [-0.2, 0) is 14.8 Å². The molecule has 0 aromatic heterocycles. The minimum absolute atomic E-state index is 0.0222. The maximum absolute atomic E-state index is 12.6. The Morgan fingerprint density at radius 3 is 2.16 bits per heavy atom. The number of sulfonamides is 1. The summed E-state index contributed by atoms with van der Waals surface area (Å²) in [5.41, 5.74) is 1.16. The van der Waals surface area contributed by atoms with Gasteiger partial charge in [0.25, 0.3) is 0 Å². The van der Waals surface area contributed by atoms with E-state index < -0.39 is 34.4 Å². The minimum atomic E-state index is -3.69. The standard InChI is InChI=1S/C22H29N3O5S/c26-16-20-22(27)21(25-13-11-24(12-14-25)17-7-3-1-4-8-17)19(30-20)15-23-31(28,29)18-9-5-2-6-10-18/h1-10,19-23,26-27H,11-16H2/t19-,20+,21-,22-/m1/s1. The first-order valence-electron chi connectivity index (χ1n) is 10.5. The first kappa shape index (κ1) is 22.2. The molecule has 0 saturated carbocycles. The molecule has 0 amide bonds.